The first-order valence-corrected chi connectivity index (χ1v) is 7.20. The molecular weight excluding hydrogens is 326 g/mol. The highest BCUT2D eigenvalue weighted by atomic mass is 16.7. The largest absolute Gasteiger partial charge is 0.463 e. The highest BCUT2D eigenvalue weighted by Crippen LogP contribution is 2.26. The summed E-state index contributed by atoms with van der Waals surface area (Å²) in [6, 6.07) is -1.16. The first kappa shape index (κ1) is 19.8. The zero-order valence-corrected chi connectivity index (χ0v) is 13.8. The van der Waals surface area contributed by atoms with Crippen LogP contribution in [0, 0.1) is 0 Å². The zero-order valence-electron chi connectivity index (χ0n) is 13.8. The van der Waals surface area contributed by atoms with Gasteiger partial charge in [0.15, 0.2) is 18.5 Å². The Morgan fingerprint density at radius 3 is 1.96 bits per heavy atom. The summed E-state index contributed by atoms with van der Waals surface area (Å²) in [5, 5.41) is 12.5. The van der Waals surface area contributed by atoms with Crippen LogP contribution in [0.1, 0.15) is 27.7 Å². The highest BCUT2D eigenvalue weighted by molar-refractivity contribution is 5.73. The molecule has 10 nitrogen and oxygen atoms in total. The Balaban J connectivity index is 3.11. The average Bonchev–Trinajstić information content (AvgIpc) is 2.42. The fourth-order valence-corrected chi connectivity index (χ4v) is 2.31. The molecule has 24 heavy (non-hydrogen) atoms. The molecule has 1 amide bonds. The van der Waals surface area contributed by atoms with Crippen LogP contribution in [0.2, 0.25) is 0 Å². The Hall–Kier alpha value is -2.20. The van der Waals surface area contributed by atoms with Gasteiger partial charge in [-0.1, -0.05) is 0 Å². The molecule has 1 unspecified atom stereocenters. The molecule has 1 heterocycles. The van der Waals surface area contributed by atoms with Crippen LogP contribution in [0.5, 0.6) is 0 Å². The molecule has 0 spiro atoms. The van der Waals surface area contributed by atoms with Gasteiger partial charge in [-0.25, -0.2) is 0 Å². The smallest absolute Gasteiger partial charge is 0.303 e. The predicted octanol–water partition coefficient (Wildman–Crippen LogP) is -1.37. The van der Waals surface area contributed by atoms with Gasteiger partial charge in [0, 0.05) is 27.7 Å². The molecule has 1 saturated heterocycles. The molecule has 0 aromatic heterocycles. The highest BCUT2D eigenvalue weighted by Gasteiger charge is 2.50. The maximum atomic E-state index is 11.4. The quantitative estimate of drug-likeness (QED) is 0.456. The van der Waals surface area contributed by atoms with E-state index in [2.05, 4.69) is 5.32 Å². The molecule has 0 aromatic rings. The number of amides is 1. The second-order valence-electron chi connectivity index (χ2n) is 5.24. The lowest BCUT2D eigenvalue weighted by Gasteiger charge is -2.43. The predicted molar refractivity (Wildman–Crippen MR) is 76.2 cm³/mol. The molecule has 0 aliphatic carbocycles. The summed E-state index contributed by atoms with van der Waals surface area (Å²) in [6.45, 7) is 4.28. The molecule has 1 aliphatic heterocycles. The number of nitrogens with one attached hydrogen (secondary N) is 1. The van der Waals surface area contributed by atoms with Crippen molar-refractivity contribution < 1.29 is 43.2 Å². The molecule has 0 saturated carbocycles. The van der Waals surface area contributed by atoms with Crippen LogP contribution < -0.4 is 5.32 Å². The van der Waals surface area contributed by atoms with Crippen LogP contribution in [0.15, 0.2) is 0 Å². The molecule has 1 fully saturated rings. The third-order valence-corrected chi connectivity index (χ3v) is 3.09. The number of hydrogen-bond acceptors (Lipinski definition) is 9. The standard InChI is InChI=1S/C14H21NO9/c1-6(16)15-11-13(23-9(4)19)12(22-8(3)18)10(24-14(11)20)5-21-7(2)17/h10-14,20H,5H2,1-4H3,(H,15,16)/t10?,11-,12-,13-,14-/m1/s1. The summed E-state index contributed by atoms with van der Waals surface area (Å²) in [5.74, 6) is -2.54. The molecule has 5 atom stereocenters. The summed E-state index contributed by atoms with van der Waals surface area (Å²) < 4.78 is 20.3. The SMILES string of the molecule is CC(=O)N[C@@H]1[C@@H](OC(C)=O)[C@H](OC(C)=O)C(COC(C)=O)O[C@H]1O. The number of ether oxygens (including phenoxy) is 4. The van der Waals surface area contributed by atoms with Crippen molar-refractivity contribution in [3.63, 3.8) is 0 Å². The fourth-order valence-electron chi connectivity index (χ4n) is 2.31. The number of rotatable bonds is 5. The van der Waals surface area contributed by atoms with Crippen molar-refractivity contribution in [3.8, 4) is 0 Å². The maximum Gasteiger partial charge on any atom is 0.303 e. The van der Waals surface area contributed by atoms with E-state index in [0.717, 1.165) is 13.8 Å². The number of aliphatic hydroxyl groups excluding tert-OH is 1. The topological polar surface area (TPSA) is 137 Å². The van der Waals surface area contributed by atoms with Crippen molar-refractivity contribution in [2.45, 2.75) is 58.3 Å². The Labute approximate surface area is 138 Å². The maximum absolute atomic E-state index is 11.4. The molecule has 136 valence electrons. The van der Waals surface area contributed by atoms with E-state index in [0.29, 0.717) is 0 Å². The minimum absolute atomic E-state index is 0.338. The first-order chi connectivity index (χ1) is 11.1. The number of carbonyl (C=O) groups excluding carboxylic acids is 4. The third-order valence-electron chi connectivity index (χ3n) is 3.09. The van der Waals surface area contributed by atoms with E-state index in [1.165, 1.54) is 13.8 Å². The molecule has 10 heteroatoms. The molecule has 0 aromatic carbocycles. The van der Waals surface area contributed by atoms with E-state index < -0.39 is 54.5 Å². The minimum Gasteiger partial charge on any atom is -0.463 e. The summed E-state index contributed by atoms with van der Waals surface area (Å²) >= 11 is 0. The number of carbonyl (C=O) groups is 4. The van der Waals surface area contributed by atoms with Gasteiger partial charge in [-0.2, -0.15) is 0 Å². The Morgan fingerprint density at radius 1 is 0.958 bits per heavy atom. The average molecular weight is 347 g/mol. The molecule has 0 radical (unpaired) electrons. The number of aliphatic hydroxyl groups is 1. The second-order valence-corrected chi connectivity index (χ2v) is 5.24. The minimum atomic E-state index is -1.56. The van der Waals surface area contributed by atoms with Crippen molar-refractivity contribution in [3.05, 3.63) is 0 Å². The van der Waals surface area contributed by atoms with Gasteiger partial charge < -0.3 is 29.4 Å². The second kappa shape index (κ2) is 8.60. The summed E-state index contributed by atoms with van der Waals surface area (Å²) in [5.41, 5.74) is 0. The van der Waals surface area contributed by atoms with Crippen LogP contribution in [0.4, 0.5) is 0 Å². The van der Waals surface area contributed by atoms with Crippen molar-refractivity contribution in [1.29, 1.82) is 0 Å². The van der Waals surface area contributed by atoms with Gasteiger partial charge in [0.1, 0.15) is 18.8 Å². The van der Waals surface area contributed by atoms with Gasteiger partial charge in [0.2, 0.25) is 5.91 Å². The molecular formula is C14H21NO9. The lowest BCUT2D eigenvalue weighted by Crippen LogP contribution is -2.66. The van der Waals surface area contributed by atoms with Gasteiger partial charge in [0.05, 0.1) is 0 Å². The van der Waals surface area contributed by atoms with Crippen LogP contribution in [0.25, 0.3) is 0 Å². The van der Waals surface area contributed by atoms with Crippen LogP contribution in [0.3, 0.4) is 0 Å². The van der Waals surface area contributed by atoms with Gasteiger partial charge in [-0.15, -0.1) is 0 Å². The number of esters is 3. The van der Waals surface area contributed by atoms with Gasteiger partial charge in [-0.05, 0) is 0 Å². The van der Waals surface area contributed by atoms with Crippen molar-refractivity contribution in [2.24, 2.45) is 0 Å². The van der Waals surface area contributed by atoms with E-state index in [9.17, 15) is 24.3 Å². The lowest BCUT2D eigenvalue weighted by molar-refractivity contribution is -0.264. The summed E-state index contributed by atoms with van der Waals surface area (Å²) in [6.07, 6.45) is -5.06. The van der Waals surface area contributed by atoms with E-state index in [1.54, 1.807) is 0 Å². The van der Waals surface area contributed by atoms with Gasteiger partial charge in [-0.3, -0.25) is 19.2 Å². The van der Waals surface area contributed by atoms with Crippen molar-refractivity contribution in [2.75, 3.05) is 6.61 Å². The van der Waals surface area contributed by atoms with Crippen molar-refractivity contribution >= 4 is 23.8 Å². The van der Waals surface area contributed by atoms with E-state index >= 15 is 0 Å². The molecule has 2 N–H and O–H groups in total. The lowest BCUT2D eigenvalue weighted by atomic mass is 9.96. The fraction of sp³-hybridized carbons (Fsp3) is 0.714. The van der Waals surface area contributed by atoms with Crippen molar-refractivity contribution in [1.82, 2.24) is 5.32 Å². The normalized spacial score (nSPS) is 29.3. The van der Waals surface area contributed by atoms with E-state index in [1.807, 2.05) is 0 Å². The van der Waals surface area contributed by atoms with E-state index in [4.69, 9.17) is 18.9 Å². The van der Waals surface area contributed by atoms with Crippen LogP contribution in [-0.2, 0) is 38.1 Å². The first-order valence-electron chi connectivity index (χ1n) is 7.20. The molecule has 0 bridgehead atoms. The monoisotopic (exact) mass is 347 g/mol. The molecule has 1 rings (SSSR count). The Kier molecular flexibility index (Phi) is 7.11. The van der Waals surface area contributed by atoms with Crippen LogP contribution in [-0.4, -0.2) is 66.2 Å². The summed E-state index contributed by atoms with van der Waals surface area (Å²) in [4.78, 5) is 45.0. The zero-order chi connectivity index (χ0) is 18.4. The van der Waals surface area contributed by atoms with E-state index in [-0.39, 0.29) is 6.61 Å². The number of hydrogen-bond donors (Lipinski definition) is 2. The Bertz CT molecular complexity index is 506. The van der Waals surface area contributed by atoms with Gasteiger partial charge >= 0.3 is 17.9 Å². The third kappa shape index (κ3) is 5.78. The summed E-state index contributed by atoms with van der Waals surface area (Å²) in [7, 11) is 0. The Morgan fingerprint density at radius 2 is 1.50 bits per heavy atom. The molecule has 1 aliphatic rings. The van der Waals surface area contributed by atoms with Gasteiger partial charge in [0.25, 0.3) is 0 Å². The van der Waals surface area contributed by atoms with Crippen LogP contribution >= 0.6 is 0 Å².